The second-order valence-electron chi connectivity index (χ2n) is 5.83. The van der Waals surface area contributed by atoms with Gasteiger partial charge in [0.15, 0.2) is 5.65 Å². The predicted octanol–water partition coefficient (Wildman–Crippen LogP) is 4.11. The van der Waals surface area contributed by atoms with Crippen molar-refractivity contribution in [3.63, 3.8) is 0 Å². The number of fused-ring (bicyclic) bond motifs is 1. The second-order valence-corrected chi connectivity index (χ2v) is 5.83. The molecule has 2 aromatic heterocycles. The van der Waals surface area contributed by atoms with Crippen LogP contribution in [0.15, 0.2) is 30.5 Å². The first kappa shape index (κ1) is 16.2. The first-order valence-electron chi connectivity index (χ1n) is 8.10. The van der Waals surface area contributed by atoms with Crippen LogP contribution in [0.3, 0.4) is 0 Å². The van der Waals surface area contributed by atoms with Gasteiger partial charge in [0.2, 0.25) is 11.9 Å². The number of rotatable bonds is 6. The van der Waals surface area contributed by atoms with E-state index in [4.69, 9.17) is 0 Å². The minimum absolute atomic E-state index is 0.109. The quantitative estimate of drug-likeness (QED) is 0.713. The van der Waals surface area contributed by atoms with Crippen LogP contribution in [0.4, 0.5) is 22.0 Å². The van der Waals surface area contributed by atoms with Gasteiger partial charge in [0.1, 0.15) is 11.3 Å². The van der Waals surface area contributed by atoms with Crippen molar-refractivity contribution in [2.45, 2.75) is 33.2 Å². The third-order valence-electron chi connectivity index (χ3n) is 3.60. The zero-order valence-corrected chi connectivity index (χ0v) is 14.0. The minimum atomic E-state index is -0.323. The maximum Gasteiger partial charge on any atom is 0.224 e. The molecule has 2 N–H and O–H groups in total. The maximum absolute atomic E-state index is 13.9. The molecule has 1 aromatic carbocycles. The Bertz CT molecular complexity index is 842. The van der Waals surface area contributed by atoms with E-state index in [1.54, 1.807) is 24.4 Å². The highest BCUT2D eigenvalue weighted by Gasteiger charge is 2.16. The molecular formula is C17H21FN6. The summed E-state index contributed by atoms with van der Waals surface area (Å²) in [7, 11) is 0. The summed E-state index contributed by atoms with van der Waals surface area (Å²) in [6, 6.07) is 6.64. The van der Waals surface area contributed by atoms with Crippen molar-refractivity contribution in [2.24, 2.45) is 0 Å². The molecule has 0 amide bonds. The van der Waals surface area contributed by atoms with E-state index < -0.39 is 0 Å². The molecule has 0 aliphatic carbocycles. The first-order chi connectivity index (χ1) is 11.6. The SMILES string of the molecule is CCCNc1ncc2nc(Nc3ccccc3F)n(C(C)C)c2n1. The molecule has 3 aromatic rings. The Labute approximate surface area is 140 Å². The number of benzene rings is 1. The number of nitrogens with zero attached hydrogens (tertiary/aromatic N) is 4. The van der Waals surface area contributed by atoms with Crippen molar-refractivity contribution in [3.8, 4) is 0 Å². The molecule has 0 fully saturated rings. The summed E-state index contributed by atoms with van der Waals surface area (Å²) in [6.45, 7) is 6.96. The van der Waals surface area contributed by atoms with Gasteiger partial charge in [-0.3, -0.25) is 4.57 Å². The van der Waals surface area contributed by atoms with Crippen LogP contribution in [0.25, 0.3) is 11.2 Å². The highest BCUT2D eigenvalue weighted by molar-refractivity contribution is 5.76. The summed E-state index contributed by atoms with van der Waals surface area (Å²) in [6.07, 6.45) is 2.68. The van der Waals surface area contributed by atoms with Gasteiger partial charge in [-0.15, -0.1) is 0 Å². The van der Waals surface area contributed by atoms with Gasteiger partial charge in [-0.1, -0.05) is 19.1 Å². The normalized spacial score (nSPS) is 11.2. The Morgan fingerprint density at radius 2 is 2.00 bits per heavy atom. The average molecular weight is 328 g/mol. The number of hydrogen-bond donors (Lipinski definition) is 2. The third kappa shape index (κ3) is 3.15. The predicted molar refractivity (Wildman–Crippen MR) is 94.2 cm³/mol. The molecule has 6 nitrogen and oxygen atoms in total. The van der Waals surface area contributed by atoms with Crippen LogP contribution >= 0.6 is 0 Å². The fourth-order valence-corrected chi connectivity index (χ4v) is 2.47. The number of aromatic nitrogens is 4. The summed E-state index contributed by atoms with van der Waals surface area (Å²) in [5.41, 5.74) is 1.77. The molecule has 7 heteroatoms. The largest absolute Gasteiger partial charge is 0.354 e. The topological polar surface area (TPSA) is 67.7 Å². The summed E-state index contributed by atoms with van der Waals surface area (Å²) in [5.74, 6) is 0.798. The van der Waals surface area contributed by atoms with Gasteiger partial charge in [0.05, 0.1) is 11.9 Å². The van der Waals surface area contributed by atoms with E-state index in [0.29, 0.717) is 23.1 Å². The van der Waals surface area contributed by atoms with E-state index in [9.17, 15) is 4.39 Å². The summed E-state index contributed by atoms with van der Waals surface area (Å²) < 4.78 is 15.9. The van der Waals surface area contributed by atoms with Gasteiger partial charge in [0, 0.05) is 12.6 Å². The van der Waals surface area contributed by atoms with E-state index in [0.717, 1.165) is 18.6 Å². The lowest BCUT2D eigenvalue weighted by molar-refractivity contribution is 0.615. The van der Waals surface area contributed by atoms with Crippen LogP contribution < -0.4 is 10.6 Å². The van der Waals surface area contributed by atoms with Crippen molar-refractivity contribution in [2.75, 3.05) is 17.2 Å². The Morgan fingerprint density at radius 1 is 1.21 bits per heavy atom. The summed E-state index contributed by atoms with van der Waals surface area (Å²) >= 11 is 0. The third-order valence-corrected chi connectivity index (χ3v) is 3.60. The average Bonchev–Trinajstić information content (AvgIpc) is 2.92. The lowest BCUT2D eigenvalue weighted by Gasteiger charge is -2.14. The van der Waals surface area contributed by atoms with Crippen molar-refractivity contribution in [3.05, 3.63) is 36.3 Å². The highest BCUT2D eigenvalue weighted by Crippen LogP contribution is 2.26. The molecule has 0 saturated heterocycles. The summed E-state index contributed by atoms with van der Waals surface area (Å²) in [4.78, 5) is 13.4. The van der Waals surface area contributed by atoms with Crippen molar-refractivity contribution in [1.82, 2.24) is 19.5 Å². The molecule has 2 heterocycles. The molecular weight excluding hydrogens is 307 g/mol. The van der Waals surface area contributed by atoms with Crippen LogP contribution in [0.2, 0.25) is 0 Å². The fourth-order valence-electron chi connectivity index (χ4n) is 2.47. The number of anilines is 3. The zero-order chi connectivity index (χ0) is 17.1. The number of hydrogen-bond acceptors (Lipinski definition) is 5. The van der Waals surface area contributed by atoms with Crippen LogP contribution in [0.1, 0.15) is 33.2 Å². The van der Waals surface area contributed by atoms with Crippen LogP contribution in [0.5, 0.6) is 0 Å². The van der Waals surface area contributed by atoms with Crippen LogP contribution in [0, 0.1) is 5.82 Å². The fraction of sp³-hybridized carbons (Fsp3) is 0.353. The maximum atomic E-state index is 13.9. The number of para-hydroxylation sites is 1. The Hall–Kier alpha value is -2.70. The van der Waals surface area contributed by atoms with Gasteiger partial charge < -0.3 is 10.6 Å². The molecule has 0 radical (unpaired) electrons. The molecule has 126 valence electrons. The van der Waals surface area contributed by atoms with E-state index in [-0.39, 0.29) is 11.9 Å². The number of nitrogens with one attached hydrogen (secondary N) is 2. The molecule has 0 unspecified atom stereocenters. The van der Waals surface area contributed by atoms with E-state index in [1.165, 1.54) is 6.07 Å². The molecule has 0 saturated carbocycles. The Balaban J connectivity index is 2.04. The van der Waals surface area contributed by atoms with Crippen LogP contribution in [-0.2, 0) is 0 Å². The molecule has 24 heavy (non-hydrogen) atoms. The van der Waals surface area contributed by atoms with Gasteiger partial charge in [-0.05, 0) is 32.4 Å². The molecule has 0 atom stereocenters. The van der Waals surface area contributed by atoms with Gasteiger partial charge in [-0.25, -0.2) is 14.4 Å². The van der Waals surface area contributed by atoms with E-state index in [1.807, 2.05) is 18.4 Å². The van der Waals surface area contributed by atoms with Gasteiger partial charge in [-0.2, -0.15) is 4.98 Å². The zero-order valence-electron chi connectivity index (χ0n) is 14.0. The van der Waals surface area contributed by atoms with Crippen molar-refractivity contribution >= 4 is 28.7 Å². The van der Waals surface area contributed by atoms with Crippen LogP contribution in [-0.4, -0.2) is 26.1 Å². The molecule has 0 aliphatic heterocycles. The summed E-state index contributed by atoms with van der Waals surface area (Å²) in [5, 5.41) is 6.24. The lowest BCUT2D eigenvalue weighted by atomic mass is 10.3. The minimum Gasteiger partial charge on any atom is -0.354 e. The van der Waals surface area contributed by atoms with Gasteiger partial charge in [0.25, 0.3) is 0 Å². The highest BCUT2D eigenvalue weighted by atomic mass is 19.1. The number of imidazole rings is 1. The lowest BCUT2D eigenvalue weighted by Crippen LogP contribution is -2.09. The van der Waals surface area contributed by atoms with Gasteiger partial charge >= 0.3 is 0 Å². The van der Waals surface area contributed by atoms with Crippen molar-refractivity contribution < 1.29 is 4.39 Å². The molecule has 0 aliphatic rings. The van der Waals surface area contributed by atoms with Crippen molar-refractivity contribution in [1.29, 1.82) is 0 Å². The van der Waals surface area contributed by atoms with E-state index >= 15 is 0 Å². The monoisotopic (exact) mass is 328 g/mol. The molecule has 0 bridgehead atoms. The second kappa shape index (κ2) is 6.82. The number of halogens is 1. The first-order valence-corrected chi connectivity index (χ1v) is 8.10. The standard InChI is InChI=1S/C17H21FN6/c1-4-9-19-16-20-10-14-15(23-16)24(11(2)3)17(22-14)21-13-8-6-5-7-12(13)18/h5-8,10-11H,4,9H2,1-3H3,(H,21,22)(H,19,20,23). The van der Waals surface area contributed by atoms with E-state index in [2.05, 4.69) is 32.5 Å². The molecule has 3 rings (SSSR count). The Morgan fingerprint density at radius 3 is 2.71 bits per heavy atom. The smallest absolute Gasteiger partial charge is 0.224 e. The Kier molecular flexibility index (Phi) is 4.59. The molecule has 0 spiro atoms.